The van der Waals surface area contributed by atoms with Crippen LogP contribution in [0.15, 0.2) is 70.8 Å². The predicted molar refractivity (Wildman–Crippen MR) is 130 cm³/mol. The molecule has 0 N–H and O–H groups in total. The van der Waals surface area contributed by atoms with Crippen molar-refractivity contribution in [1.82, 2.24) is 0 Å². The number of ether oxygens (including phenoxy) is 4. The number of fused-ring (bicyclic) bond motifs is 2. The second kappa shape index (κ2) is 9.07. The Hall–Kier alpha value is -4.85. The number of Topliss-reactive ketones (excluding diaryl/α,β-unsaturated/α-hetero) is 1. The lowest BCUT2D eigenvalue weighted by Gasteiger charge is -2.06. The number of carbonyl (C=O) groups excluding carboxylic acids is 3. The molecule has 0 atom stereocenters. The van der Waals surface area contributed by atoms with Gasteiger partial charge in [-0.15, -0.1) is 0 Å². The number of furan rings is 1. The minimum absolute atomic E-state index is 0.0145. The van der Waals surface area contributed by atoms with Gasteiger partial charge in [-0.3, -0.25) is 4.79 Å². The van der Waals surface area contributed by atoms with E-state index in [0.29, 0.717) is 39.0 Å². The Labute approximate surface area is 205 Å². The molecule has 0 radical (unpaired) electrons. The maximum Gasteiger partial charge on any atom is 0.379 e. The molecular weight excluding hydrogens is 464 g/mol. The third-order valence-electron chi connectivity index (χ3n) is 5.71. The minimum Gasteiger partial charge on any atom is -0.493 e. The van der Waals surface area contributed by atoms with Gasteiger partial charge in [0, 0.05) is 11.5 Å². The zero-order chi connectivity index (χ0) is 25.4. The molecule has 36 heavy (non-hydrogen) atoms. The van der Waals surface area contributed by atoms with Gasteiger partial charge in [-0.05, 0) is 54.5 Å². The summed E-state index contributed by atoms with van der Waals surface area (Å²) in [6.07, 6.45) is 1.58. The molecule has 1 aliphatic rings. The van der Waals surface area contributed by atoms with Crippen LogP contribution >= 0.6 is 0 Å². The normalized spacial score (nSPS) is 13.4. The second-order valence-electron chi connectivity index (χ2n) is 8.05. The number of ketones is 1. The van der Waals surface area contributed by atoms with Gasteiger partial charge in [0.15, 0.2) is 17.1 Å². The maximum absolute atomic E-state index is 13.0. The van der Waals surface area contributed by atoms with E-state index in [0.717, 1.165) is 0 Å². The Bertz CT molecular complexity index is 1560. The SMILES string of the molecule is COC(=O)c1ccc(/C=C2\Oc3cc(OC(=O)c4cc5cccc(OC)c5o4)cc(C)c3C2=O)cc1. The van der Waals surface area contributed by atoms with Gasteiger partial charge in [0.05, 0.1) is 25.3 Å². The molecule has 5 rings (SSSR count). The Morgan fingerprint density at radius 3 is 2.44 bits per heavy atom. The minimum atomic E-state index is -0.696. The molecule has 1 aliphatic heterocycles. The zero-order valence-electron chi connectivity index (χ0n) is 19.6. The van der Waals surface area contributed by atoms with Crippen molar-refractivity contribution in [3.63, 3.8) is 0 Å². The lowest BCUT2D eigenvalue weighted by Crippen LogP contribution is -2.07. The van der Waals surface area contributed by atoms with Crippen molar-refractivity contribution in [1.29, 1.82) is 0 Å². The van der Waals surface area contributed by atoms with Crippen molar-refractivity contribution in [2.45, 2.75) is 6.92 Å². The molecule has 0 aliphatic carbocycles. The highest BCUT2D eigenvalue weighted by Crippen LogP contribution is 2.38. The van der Waals surface area contributed by atoms with Gasteiger partial charge in [-0.2, -0.15) is 0 Å². The lowest BCUT2D eigenvalue weighted by molar-refractivity contribution is 0.0600. The molecule has 1 aromatic heterocycles. The molecule has 8 heteroatoms. The third-order valence-corrected chi connectivity index (χ3v) is 5.71. The summed E-state index contributed by atoms with van der Waals surface area (Å²) in [5, 5.41) is 0.703. The second-order valence-corrected chi connectivity index (χ2v) is 8.05. The molecule has 4 aromatic rings. The van der Waals surface area contributed by atoms with E-state index in [1.54, 1.807) is 67.6 Å². The van der Waals surface area contributed by atoms with Crippen molar-refractivity contribution in [3.8, 4) is 17.2 Å². The number of allylic oxidation sites excluding steroid dienone is 1. The standard InChI is InChI=1S/C28H20O8/c1-15-11-19(34-28(31)23-13-18-5-4-6-20(32-2)26(18)36-23)14-21-24(15)25(29)22(35-21)12-16-7-9-17(10-8-16)27(30)33-3/h4-14H,1-3H3/b22-12-. The van der Waals surface area contributed by atoms with Crippen LogP contribution in [-0.4, -0.2) is 31.9 Å². The van der Waals surface area contributed by atoms with E-state index < -0.39 is 11.9 Å². The molecule has 2 heterocycles. The summed E-state index contributed by atoms with van der Waals surface area (Å²) in [6.45, 7) is 1.73. The smallest absolute Gasteiger partial charge is 0.379 e. The van der Waals surface area contributed by atoms with Crippen LogP contribution < -0.4 is 14.2 Å². The average molecular weight is 484 g/mol. The molecular formula is C28H20O8. The van der Waals surface area contributed by atoms with Crippen molar-refractivity contribution < 1.29 is 37.7 Å². The van der Waals surface area contributed by atoms with Gasteiger partial charge in [0.1, 0.15) is 11.5 Å². The van der Waals surface area contributed by atoms with Crippen molar-refractivity contribution >= 4 is 34.8 Å². The summed E-state index contributed by atoms with van der Waals surface area (Å²) in [6, 6.07) is 16.5. The van der Waals surface area contributed by atoms with E-state index in [1.165, 1.54) is 20.3 Å². The molecule has 3 aromatic carbocycles. The van der Waals surface area contributed by atoms with E-state index >= 15 is 0 Å². The van der Waals surface area contributed by atoms with E-state index in [-0.39, 0.29) is 28.8 Å². The Morgan fingerprint density at radius 1 is 0.944 bits per heavy atom. The van der Waals surface area contributed by atoms with E-state index in [1.807, 2.05) is 0 Å². The fraction of sp³-hybridized carbons (Fsp3) is 0.107. The zero-order valence-corrected chi connectivity index (χ0v) is 19.6. The molecule has 180 valence electrons. The molecule has 8 nitrogen and oxygen atoms in total. The van der Waals surface area contributed by atoms with Gasteiger partial charge in [-0.25, -0.2) is 9.59 Å². The highest BCUT2D eigenvalue weighted by atomic mass is 16.6. The highest BCUT2D eigenvalue weighted by Gasteiger charge is 2.30. The first kappa shape index (κ1) is 22.9. The van der Waals surface area contributed by atoms with E-state index in [4.69, 9.17) is 23.4 Å². The van der Waals surface area contributed by atoms with Crippen LogP contribution in [0.2, 0.25) is 0 Å². The summed E-state index contributed by atoms with van der Waals surface area (Å²) >= 11 is 0. The van der Waals surface area contributed by atoms with Gasteiger partial charge in [-0.1, -0.05) is 24.3 Å². The quantitative estimate of drug-likeness (QED) is 0.212. The van der Waals surface area contributed by atoms with Crippen LogP contribution in [0.1, 0.15) is 42.4 Å². The number of aryl methyl sites for hydroxylation is 1. The number of para-hydroxylation sites is 1. The lowest BCUT2D eigenvalue weighted by atomic mass is 10.0. The van der Waals surface area contributed by atoms with Gasteiger partial charge >= 0.3 is 11.9 Å². The first-order valence-corrected chi connectivity index (χ1v) is 10.9. The number of carbonyl (C=O) groups is 3. The van der Waals surface area contributed by atoms with Crippen LogP contribution in [0, 0.1) is 6.92 Å². The molecule has 0 bridgehead atoms. The monoisotopic (exact) mass is 484 g/mol. The average Bonchev–Trinajstić information content (AvgIpc) is 3.45. The van der Waals surface area contributed by atoms with Crippen molar-refractivity contribution in [3.05, 3.63) is 94.4 Å². The summed E-state index contributed by atoms with van der Waals surface area (Å²) in [5.74, 6) is -0.306. The van der Waals surface area contributed by atoms with Crippen LogP contribution in [0.3, 0.4) is 0 Å². The number of methoxy groups -OCH3 is 2. The van der Waals surface area contributed by atoms with Crippen molar-refractivity contribution in [2.75, 3.05) is 14.2 Å². The summed E-state index contributed by atoms with van der Waals surface area (Å²) < 4.78 is 26.9. The number of esters is 2. The fourth-order valence-electron chi connectivity index (χ4n) is 3.98. The van der Waals surface area contributed by atoms with Gasteiger partial charge < -0.3 is 23.4 Å². The molecule has 0 unspecified atom stereocenters. The number of hydrogen-bond donors (Lipinski definition) is 0. The van der Waals surface area contributed by atoms with Crippen LogP contribution in [0.25, 0.3) is 17.0 Å². The largest absolute Gasteiger partial charge is 0.493 e. The molecule has 0 saturated heterocycles. The number of hydrogen-bond acceptors (Lipinski definition) is 8. The van der Waals surface area contributed by atoms with Crippen LogP contribution in [0.5, 0.6) is 17.2 Å². The topological polar surface area (TPSA) is 101 Å². The first-order chi connectivity index (χ1) is 17.4. The molecule has 0 fully saturated rings. The first-order valence-electron chi connectivity index (χ1n) is 10.9. The predicted octanol–water partition coefficient (Wildman–Crippen LogP) is 5.37. The van der Waals surface area contributed by atoms with Gasteiger partial charge in [0.25, 0.3) is 0 Å². The summed E-state index contributed by atoms with van der Waals surface area (Å²) in [5.41, 5.74) is 2.49. The fourth-order valence-corrected chi connectivity index (χ4v) is 3.98. The van der Waals surface area contributed by atoms with Crippen LogP contribution in [0.4, 0.5) is 0 Å². The van der Waals surface area contributed by atoms with E-state index in [2.05, 4.69) is 0 Å². The summed E-state index contributed by atoms with van der Waals surface area (Å²) in [4.78, 5) is 37.3. The Kier molecular flexibility index (Phi) is 5.77. The Morgan fingerprint density at radius 2 is 1.72 bits per heavy atom. The number of benzene rings is 3. The number of rotatable bonds is 5. The van der Waals surface area contributed by atoms with Gasteiger partial charge in [0.2, 0.25) is 11.5 Å². The van der Waals surface area contributed by atoms with E-state index in [9.17, 15) is 14.4 Å². The molecule has 0 spiro atoms. The Balaban J connectivity index is 1.38. The van der Waals surface area contributed by atoms with Crippen molar-refractivity contribution in [2.24, 2.45) is 0 Å². The maximum atomic E-state index is 13.0. The molecule has 0 saturated carbocycles. The molecule has 0 amide bonds. The highest BCUT2D eigenvalue weighted by molar-refractivity contribution is 6.15. The van der Waals surface area contributed by atoms with Crippen LogP contribution in [-0.2, 0) is 4.74 Å². The third kappa shape index (κ3) is 4.09. The summed E-state index contributed by atoms with van der Waals surface area (Å²) in [7, 11) is 2.83.